The van der Waals surface area contributed by atoms with Crippen LogP contribution in [0.4, 0.5) is 15.8 Å². The maximum atomic E-state index is 13.2. The Balaban J connectivity index is 1.42. The molecule has 0 amide bonds. The molecule has 1 fully saturated rings. The third kappa shape index (κ3) is 5.27. The number of pyridine rings is 1. The van der Waals surface area contributed by atoms with Crippen molar-refractivity contribution < 1.29 is 19.0 Å². The first-order valence-corrected chi connectivity index (χ1v) is 13.1. The average Bonchev–Trinajstić information content (AvgIpc) is 3.36. The summed E-state index contributed by atoms with van der Waals surface area (Å²) in [5.41, 5.74) is 4.67. The van der Waals surface area contributed by atoms with Gasteiger partial charge >= 0.3 is 0 Å². The van der Waals surface area contributed by atoms with Gasteiger partial charge in [0.05, 0.1) is 41.0 Å². The maximum Gasteiger partial charge on any atom is 0.261 e. The van der Waals surface area contributed by atoms with E-state index in [0.29, 0.717) is 48.1 Å². The predicted molar refractivity (Wildman–Crippen MR) is 149 cm³/mol. The van der Waals surface area contributed by atoms with Crippen molar-refractivity contribution in [1.29, 1.82) is 0 Å². The molecular formula is C27H29BrFN5O4. The lowest BCUT2D eigenvalue weighted by Crippen LogP contribution is -2.43. The summed E-state index contributed by atoms with van der Waals surface area (Å²) >= 11 is 3.44. The highest BCUT2D eigenvalue weighted by Gasteiger charge is 2.22. The number of nitrogens with zero attached hydrogens (tertiary/aromatic N) is 2. The van der Waals surface area contributed by atoms with Crippen molar-refractivity contribution in [1.82, 2.24) is 15.0 Å². The van der Waals surface area contributed by atoms with Crippen LogP contribution in [0.2, 0.25) is 0 Å². The van der Waals surface area contributed by atoms with Gasteiger partial charge in [0.15, 0.2) is 0 Å². The minimum absolute atomic E-state index is 0.172. The van der Waals surface area contributed by atoms with Crippen LogP contribution < -0.4 is 20.5 Å². The van der Waals surface area contributed by atoms with Crippen LogP contribution >= 0.6 is 15.9 Å². The molecule has 38 heavy (non-hydrogen) atoms. The number of aromatic amines is 2. The normalized spacial score (nSPS) is 16.6. The number of rotatable bonds is 8. The number of nitrogens with one attached hydrogen (secondary N) is 3. The molecule has 3 heterocycles. The highest BCUT2D eigenvalue weighted by Crippen LogP contribution is 2.31. The van der Waals surface area contributed by atoms with E-state index in [-0.39, 0.29) is 12.1 Å². The summed E-state index contributed by atoms with van der Waals surface area (Å²) in [6, 6.07) is 11.1. The first-order chi connectivity index (χ1) is 18.4. The predicted octanol–water partition coefficient (Wildman–Crippen LogP) is 4.32. The molecule has 9 nitrogen and oxygen atoms in total. The van der Waals surface area contributed by atoms with Crippen LogP contribution in [0.25, 0.3) is 22.4 Å². The monoisotopic (exact) mass is 585 g/mol. The van der Waals surface area contributed by atoms with Gasteiger partial charge in [0.2, 0.25) is 0 Å². The molecule has 5 rings (SSSR count). The third-order valence-electron chi connectivity index (χ3n) is 6.68. The van der Waals surface area contributed by atoms with Crippen LogP contribution in [0.15, 0.2) is 51.9 Å². The first kappa shape index (κ1) is 26.2. The molecule has 0 saturated carbocycles. The van der Waals surface area contributed by atoms with E-state index < -0.39 is 18.9 Å². The fraction of sp³-hybridized carbons (Fsp3) is 0.333. The average molecular weight is 586 g/mol. The zero-order chi connectivity index (χ0) is 26.8. The third-order valence-corrected chi connectivity index (χ3v) is 7.30. The number of ether oxygens (including phenoxy) is 2. The molecule has 0 radical (unpaired) electrons. The van der Waals surface area contributed by atoms with Crippen LogP contribution in [-0.2, 0) is 4.74 Å². The number of methoxy groups -OCH3 is 1. The number of fused-ring (bicyclic) bond motifs is 1. The molecule has 4 N–H and O–H groups in total. The number of hydrogen-bond donors (Lipinski definition) is 4. The van der Waals surface area contributed by atoms with E-state index in [1.807, 2.05) is 19.1 Å². The van der Waals surface area contributed by atoms with Crippen molar-refractivity contribution in [2.75, 3.05) is 50.2 Å². The van der Waals surface area contributed by atoms with Gasteiger partial charge in [-0.25, -0.2) is 9.37 Å². The number of H-pyrrole nitrogens is 2. The first-order valence-electron chi connectivity index (χ1n) is 12.3. The molecule has 2 aromatic carbocycles. The van der Waals surface area contributed by atoms with Crippen molar-refractivity contribution in [2.24, 2.45) is 0 Å². The molecule has 200 valence electrons. The van der Waals surface area contributed by atoms with E-state index >= 15 is 0 Å². The molecule has 0 bridgehead atoms. The van der Waals surface area contributed by atoms with Gasteiger partial charge in [-0.2, -0.15) is 0 Å². The Hall–Kier alpha value is -3.41. The zero-order valence-corrected chi connectivity index (χ0v) is 22.6. The molecule has 2 aromatic heterocycles. The summed E-state index contributed by atoms with van der Waals surface area (Å²) in [6.07, 6.45) is 0.283. The number of aromatic nitrogens is 3. The van der Waals surface area contributed by atoms with Crippen molar-refractivity contribution in [2.45, 2.75) is 19.1 Å². The van der Waals surface area contributed by atoms with Gasteiger partial charge in [-0.15, -0.1) is 0 Å². The molecule has 1 saturated heterocycles. The summed E-state index contributed by atoms with van der Waals surface area (Å²) in [5, 5.41) is 14.0. The Morgan fingerprint density at radius 1 is 1.34 bits per heavy atom. The van der Waals surface area contributed by atoms with E-state index in [0.717, 1.165) is 26.8 Å². The topological polar surface area (TPSA) is 116 Å². The molecule has 2 atom stereocenters. The number of alkyl halides is 1. The number of aliphatic hydroxyl groups excluding tert-OH is 1. The lowest BCUT2D eigenvalue weighted by Gasteiger charge is -2.33. The van der Waals surface area contributed by atoms with Crippen LogP contribution in [0.3, 0.4) is 0 Å². The lowest BCUT2D eigenvalue weighted by atomic mass is 10.1. The van der Waals surface area contributed by atoms with Crippen LogP contribution in [-0.4, -0.2) is 66.2 Å². The highest BCUT2D eigenvalue weighted by molar-refractivity contribution is 9.10. The maximum absolute atomic E-state index is 13.2. The van der Waals surface area contributed by atoms with Crippen LogP contribution in [0.1, 0.15) is 17.2 Å². The number of anilines is 2. The molecule has 1 aliphatic rings. The Morgan fingerprint density at radius 2 is 2.18 bits per heavy atom. The number of morpholine rings is 1. The number of imidazole rings is 1. The standard InChI is InChI=1S/C27H29BrFN5O4/c1-15-9-17(34-7-8-38-18(12-29)14-34)11-21-25(15)33-26(32-21)24-20(5-6-30-27(24)36)31-13-22(35)16-3-4-23(37-2)19(28)10-16/h3-6,9-11,18,22,35H,7-8,12-14H2,1-2H3,(H,32,33)(H2,30,31,36)/t18?,22-/m1/s1. The molecule has 0 spiro atoms. The Morgan fingerprint density at radius 3 is 2.95 bits per heavy atom. The van der Waals surface area contributed by atoms with E-state index in [1.165, 1.54) is 0 Å². The van der Waals surface area contributed by atoms with Gasteiger partial charge in [0.25, 0.3) is 5.56 Å². The van der Waals surface area contributed by atoms with Gasteiger partial charge in [-0.3, -0.25) is 4.79 Å². The Kier molecular flexibility index (Phi) is 7.68. The minimum atomic E-state index is -0.827. The van der Waals surface area contributed by atoms with E-state index in [1.54, 1.807) is 37.6 Å². The number of halogens is 2. The molecular weight excluding hydrogens is 557 g/mol. The largest absolute Gasteiger partial charge is 0.496 e. The quantitative estimate of drug-likeness (QED) is 0.243. The highest BCUT2D eigenvalue weighted by atomic mass is 79.9. The van der Waals surface area contributed by atoms with Gasteiger partial charge < -0.3 is 34.8 Å². The van der Waals surface area contributed by atoms with E-state index in [2.05, 4.69) is 36.1 Å². The van der Waals surface area contributed by atoms with Crippen molar-refractivity contribution in [3.8, 4) is 17.1 Å². The smallest absolute Gasteiger partial charge is 0.261 e. The molecule has 1 unspecified atom stereocenters. The van der Waals surface area contributed by atoms with Crippen LogP contribution in [0, 0.1) is 6.92 Å². The number of aliphatic hydroxyl groups is 1. The van der Waals surface area contributed by atoms with E-state index in [9.17, 15) is 14.3 Å². The second-order valence-electron chi connectivity index (χ2n) is 9.22. The second kappa shape index (κ2) is 11.1. The molecule has 0 aliphatic carbocycles. The molecule has 4 aromatic rings. The van der Waals surface area contributed by atoms with Gasteiger partial charge in [-0.05, 0) is 64.3 Å². The van der Waals surface area contributed by atoms with Crippen molar-refractivity contribution in [3.63, 3.8) is 0 Å². The van der Waals surface area contributed by atoms with Gasteiger partial charge in [0, 0.05) is 31.5 Å². The van der Waals surface area contributed by atoms with Crippen LogP contribution in [0.5, 0.6) is 5.75 Å². The summed E-state index contributed by atoms with van der Waals surface area (Å²) < 4.78 is 24.7. The van der Waals surface area contributed by atoms with Crippen molar-refractivity contribution in [3.05, 3.63) is 68.5 Å². The fourth-order valence-electron chi connectivity index (χ4n) is 4.70. The number of aryl methyl sites for hydroxylation is 1. The Bertz CT molecular complexity index is 1510. The Labute approximate surface area is 227 Å². The van der Waals surface area contributed by atoms with Gasteiger partial charge in [-0.1, -0.05) is 6.07 Å². The summed E-state index contributed by atoms with van der Waals surface area (Å²) in [4.78, 5) is 25.8. The summed E-state index contributed by atoms with van der Waals surface area (Å²) in [5.74, 6) is 1.08. The molecule has 1 aliphatic heterocycles. The zero-order valence-electron chi connectivity index (χ0n) is 21.1. The number of hydrogen-bond acceptors (Lipinski definition) is 7. The molecule has 11 heteroatoms. The minimum Gasteiger partial charge on any atom is -0.496 e. The number of benzene rings is 2. The van der Waals surface area contributed by atoms with Crippen molar-refractivity contribution >= 4 is 38.3 Å². The SMILES string of the molecule is COc1ccc([C@H](O)CNc2cc[nH]c(=O)c2-c2nc3c(C)cc(N4CCOC(CF)C4)cc3[nH]2)cc1Br. The van der Waals surface area contributed by atoms with Gasteiger partial charge in [0.1, 0.15) is 29.9 Å². The second-order valence-corrected chi connectivity index (χ2v) is 10.1. The summed E-state index contributed by atoms with van der Waals surface area (Å²) in [6.45, 7) is 3.22. The lowest BCUT2D eigenvalue weighted by molar-refractivity contribution is 0.0247. The van der Waals surface area contributed by atoms with E-state index in [4.69, 9.17) is 14.5 Å². The summed E-state index contributed by atoms with van der Waals surface area (Å²) in [7, 11) is 1.58. The fourth-order valence-corrected chi connectivity index (χ4v) is 5.25.